The summed E-state index contributed by atoms with van der Waals surface area (Å²) in [4.78, 5) is 16.6. The summed E-state index contributed by atoms with van der Waals surface area (Å²) in [5, 5.41) is 11.0. The lowest BCUT2D eigenvalue weighted by atomic mass is 10.0. The van der Waals surface area contributed by atoms with Gasteiger partial charge in [0.15, 0.2) is 0 Å². The number of anilines is 1. The second-order valence-corrected chi connectivity index (χ2v) is 5.89. The molecule has 1 unspecified atom stereocenters. The summed E-state index contributed by atoms with van der Waals surface area (Å²) in [5.74, 6) is 0. The van der Waals surface area contributed by atoms with Crippen LogP contribution in [0.15, 0.2) is 35.8 Å². The number of nitrogens with one attached hydrogen (secondary N) is 1. The van der Waals surface area contributed by atoms with Crippen LogP contribution in [-0.2, 0) is 0 Å². The average Bonchev–Trinajstić information content (AvgIpc) is 3.01. The number of nitrogens with zero attached hydrogens (tertiary/aromatic N) is 4. The largest absolute Gasteiger partial charge is 0.324 e. The number of carbonyl (C=O) groups is 1. The van der Waals surface area contributed by atoms with E-state index in [2.05, 4.69) is 39.6 Å². The fourth-order valence-electron chi connectivity index (χ4n) is 2.51. The van der Waals surface area contributed by atoms with Crippen molar-refractivity contribution >= 4 is 22.5 Å². The van der Waals surface area contributed by atoms with Crippen molar-refractivity contribution in [1.29, 1.82) is 0 Å². The Labute approximate surface area is 127 Å². The van der Waals surface area contributed by atoms with Gasteiger partial charge < -0.3 is 9.80 Å². The minimum atomic E-state index is -0.117. The van der Waals surface area contributed by atoms with Crippen LogP contribution >= 0.6 is 11.3 Å². The number of amides is 2. The number of carbonyl (C=O) groups excluding carboxylic acids is 1. The Hall–Kier alpha value is -1.99. The molecule has 1 fully saturated rings. The third-order valence-corrected chi connectivity index (χ3v) is 4.21. The van der Waals surface area contributed by atoms with Crippen LogP contribution in [-0.4, -0.2) is 52.7 Å². The smallest absolute Gasteiger partial charge is 0.315 e. The molecule has 110 valence electrons. The molecule has 0 aliphatic carbocycles. The van der Waals surface area contributed by atoms with E-state index in [0.717, 1.165) is 18.7 Å². The zero-order valence-electron chi connectivity index (χ0n) is 11.8. The molecule has 21 heavy (non-hydrogen) atoms. The first kappa shape index (κ1) is 14.0. The Morgan fingerprint density at radius 2 is 2.14 bits per heavy atom. The molecule has 7 heteroatoms. The maximum absolute atomic E-state index is 12.5. The molecule has 1 atom stereocenters. The van der Waals surface area contributed by atoms with Gasteiger partial charge in [-0.15, -0.1) is 10.2 Å². The van der Waals surface area contributed by atoms with Crippen LogP contribution in [0.5, 0.6) is 0 Å². The van der Waals surface area contributed by atoms with Crippen LogP contribution in [0.2, 0.25) is 0 Å². The van der Waals surface area contributed by atoms with E-state index in [-0.39, 0.29) is 12.1 Å². The van der Waals surface area contributed by atoms with Gasteiger partial charge in [-0.05, 0) is 12.6 Å². The molecule has 1 aliphatic heterocycles. The van der Waals surface area contributed by atoms with Gasteiger partial charge in [0.2, 0.25) is 5.13 Å². The van der Waals surface area contributed by atoms with Gasteiger partial charge >= 0.3 is 6.03 Å². The molecule has 1 aromatic heterocycles. The van der Waals surface area contributed by atoms with Crippen molar-refractivity contribution in [2.24, 2.45) is 0 Å². The van der Waals surface area contributed by atoms with Gasteiger partial charge in [-0.3, -0.25) is 5.32 Å². The number of rotatable bonds is 2. The average molecular weight is 303 g/mol. The van der Waals surface area contributed by atoms with Gasteiger partial charge in [0.1, 0.15) is 5.51 Å². The summed E-state index contributed by atoms with van der Waals surface area (Å²) < 4.78 is 0. The summed E-state index contributed by atoms with van der Waals surface area (Å²) in [6.07, 6.45) is 0. The summed E-state index contributed by atoms with van der Waals surface area (Å²) >= 11 is 1.32. The molecule has 0 saturated carbocycles. The van der Waals surface area contributed by atoms with E-state index in [1.807, 2.05) is 23.1 Å². The van der Waals surface area contributed by atoms with Crippen molar-refractivity contribution in [3.8, 4) is 0 Å². The van der Waals surface area contributed by atoms with Crippen LogP contribution < -0.4 is 5.32 Å². The van der Waals surface area contributed by atoms with E-state index >= 15 is 0 Å². The summed E-state index contributed by atoms with van der Waals surface area (Å²) in [7, 11) is 2.08. The molecule has 1 saturated heterocycles. The van der Waals surface area contributed by atoms with Gasteiger partial charge in [-0.1, -0.05) is 41.7 Å². The Morgan fingerprint density at radius 3 is 2.86 bits per heavy atom. The quantitative estimate of drug-likeness (QED) is 0.922. The van der Waals surface area contributed by atoms with Gasteiger partial charge in [-0.25, -0.2) is 4.79 Å². The van der Waals surface area contributed by atoms with Crippen LogP contribution in [0.3, 0.4) is 0 Å². The van der Waals surface area contributed by atoms with Crippen molar-refractivity contribution in [2.45, 2.75) is 6.04 Å². The van der Waals surface area contributed by atoms with Gasteiger partial charge in [-0.2, -0.15) is 0 Å². The van der Waals surface area contributed by atoms with Crippen LogP contribution in [0, 0.1) is 0 Å². The van der Waals surface area contributed by atoms with E-state index in [4.69, 9.17) is 0 Å². The Bertz CT molecular complexity index is 589. The number of likely N-dealkylation sites (N-methyl/N-ethyl adjacent to an activating group) is 1. The summed E-state index contributed by atoms with van der Waals surface area (Å²) in [5.41, 5.74) is 2.75. The number of piperazine rings is 1. The predicted molar refractivity (Wildman–Crippen MR) is 82.3 cm³/mol. The molecule has 2 heterocycles. The second-order valence-electron chi connectivity index (χ2n) is 5.06. The number of benzene rings is 1. The Kier molecular flexibility index (Phi) is 4.12. The zero-order valence-corrected chi connectivity index (χ0v) is 12.6. The predicted octanol–water partition coefficient (Wildman–Crippen LogP) is 2.06. The lowest BCUT2D eigenvalue weighted by Gasteiger charge is -2.40. The molecule has 2 amide bonds. The first-order chi connectivity index (χ1) is 10.2. The fraction of sp³-hybridized carbons (Fsp3) is 0.357. The first-order valence-corrected chi connectivity index (χ1v) is 7.69. The van der Waals surface area contributed by atoms with Crippen molar-refractivity contribution < 1.29 is 4.79 Å². The minimum Gasteiger partial charge on any atom is -0.315 e. The van der Waals surface area contributed by atoms with E-state index in [1.165, 1.54) is 11.3 Å². The van der Waals surface area contributed by atoms with E-state index in [1.54, 1.807) is 5.51 Å². The molecule has 0 radical (unpaired) electrons. The number of urea groups is 1. The maximum Gasteiger partial charge on any atom is 0.324 e. The van der Waals surface area contributed by atoms with Crippen LogP contribution in [0.25, 0.3) is 0 Å². The number of aromatic nitrogens is 2. The molecule has 0 spiro atoms. The highest BCUT2D eigenvalue weighted by atomic mass is 32.1. The van der Waals surface area contributed by atoms with E-state index in [9.17, 15) is 4.79 Å². The molecule has 0 bridgehead atoms. The third kappa shape index (κ3) is 3.20. The van der Waals surface area contributed by atoms with Crippen molar-refractivity contribution in [3.05, 3.63) is 41.4 Å². The third-order valence-electron chi connectivity index (χ3n) is 3.60. The molecule has 3 rings (SSSR count). The summed E-state index contributed by atoms with van der Waals surface area (Å²) in [6.45, 7) is 2.39. The van der Waals surface area contributed by atoms with E-state index in [0.29, 0.717) is 11.7 Å². The highest BCUT2D eigenvalue weighted by Gasteiger charge is 2.30. The molecule has 1 aromatic carbocycles. The van der Waals surface area contributed by atoms with Crippen molar-refractivity contribution in [2.75, 3.05) is 32.0 Å². The monoisotopic (exact) mass is 303 g/mol. The normalized spacial score (nSPS) is 19.5. The van der Waals surface area contributed by atoms with Gasteiger partial charge in [0.25, 0.3) is 0 Å². The first-order valence-electron chi connectivity index (χ1n) is 6.81. The Morgan fingerprint density at radius 1 is 1.33 bits per heavy atom. The maximum atomic E-state index is 12.5. The topological polar surface area (TPSA) is 61.4 Å². The number of hydrogen-bond acceptors (Lipinski definition) is 5. The zero-order chi connectivity index (χ0) is 14.7. The van der Waals surface area contributed by atoms with Gasteiger partial charge in [0.05, 0.1) is 6.04 Å². The molecular weight excluding hydrogens is 286 g/mol. The van der Waals surface area contributed by atoms with Crippen LogP contribution in [0.4, 0.5) is 9.93 Å². The highest BCUT2D eigenvalue weighted by molar-refractivity contribution is 7.13. The second kappa shape index (κ2) is 6.19. The SMILES string of the molecule is CN1CCN(C(=O)Nc2nncs2)C(c2ccccc2)C1. The highest BCUT2D eigenvalue weighted by Crippen LogP contribution is 2.25. The summed E-state index contributed by atoms with van der Waals surface area (Å²) in [6, 6.07) is 10.1. The number of hydrogen-bond donors (Lipinski definition) is 1. The lowest BCUT2D eigenvalue weighted by molar-refractivity contribution is 0.116. The van der Waals surface area contributed by atoms with Crippen LogP contribution in [0.1, 0.15) is 11.6 Å². The van der Waals surface area contributed by atoms with Crippen molar-refractivity contribution in [3.63, 3.8) is 0 Å². The lowest BCUT2D eigenvalue weighted by Crippen LogP contribution is -2.50. The van der Waals surface area contributed by atoms with Crippen molar-refractivity contribution in [1.82, 2.24) is 20.0 Å². The molecule has 2 aromatic rings. The van der Waals surface area contributed by atoms with Gasteiger partial charge in [0, 0.05) is 19.6 Å². The molecule has 1 N–H and O–H groups in total. The van der Waals surface area contributed by atoms with E-state index < -0.39 is 0 Å². The molecular formula is C14H17N5OS. The molecule has 1 aliphatic rings. The Balaban J connectivity index is 1.79. The standard InChI is InChI=1S/C14H17N5OS/c1-18-7-8-19(14(20)16-13-17-15-10-21-13)12(9-18)11-5-3-2-4-6-11/h2-6,10,12H,7-9H2,1H3,(H,16,17,20). The fourth-order valence-corrected chi connectivity index (χ4v) is 2.95. The molecule has 6 nitrogen and oxygen atoms in total. The minimum absolute atomic E-state index is 0.0536.